The molecule has 0 aromatic heterocycles. The number of anilines is 1. The lowest BCUT2D eigenvalue weighted by Gasteiger charge is -2.11. The van der Waals surface area contributed by atoms with Crippen LogP contribution < -0.4 is 14.8 Å². The van der Waals surface area contributed by atoms with E-state index in [4.69, 9.17) is 14.2 Å². The van der Waals surface area contributed by atoms with Crippen molar-refractivity contribution in [3.63, 3.8) is 0 Å². The molecule has 4 rings (SSSR count). The number of amides is 1. The lowest BCUT2D eigenvalue weighted by Crippen LogP contribution is -2.22. The van der Waals surface area contributed by atoms with Gasteiger partial charge in [0.2, 0.25) is 6.79 Å². The lowest BCUT2D eigenvalue weighted by molar-refractivity contribution is -0.142. The van der Waals surface area contributed by atoms with Crippen molar-refractivity contribution in [3.05, 3.63) is 95.1 Å². The largest absolute Gasteiger partial charge is 0.454 e. The van der Waals surface area contributed by atoms with E-state index in [0.717, 1.165) is 0 Å². The van der Waals surface area contributed by atoms with Gasteiger partial charge >= 0.3 is 5.97 Å². The summed E-state index contributed by atoms with van der Waals surface area (Å²) in [6.45, 7) is -0.530. The van der Waals surface area contributed by atoms with E-state index in [1.165, 1.54) is 6.08 Å². The number of benzene rings is 3. The Kier molecular flexibility index (Phi) is 6.65. The number of carbonyl (C=O) groups excluding carboxylic acids is 3. The first kappa shape index (κ1) is 22.3. The van der Waals surface area contributed by atoms with Crippen molar-refractivity contribution in [2.45, 2.75) is 0 Å². The first-order valence-electron chi connectivity index (χ1n) is 10.2. The van der Waals surface area contributed by atoms with Gasteiger partial charge in [0.25, 0.3) is 5.91 Å². The summed E-state index contributed by atoms with van der Waals surface area (Å²) in [6.07, 6.45) is 1.33. The number of nitrogens with one attached hydrogen (secondary N) is 1. The van der Waals surface area contributed by atoms with Crippen LogP contribution in [0, 0.1) is 11.3 Å². The van der Waals surface area contributed by atoms with Crippen LogP contribution >= 0.6 is 0 Å². The summed E-state index contributed by atoms with van der Waals surface area (Å²) >= 11 is 0. The molecule has 168 valence electrons. The Bertz CT molecular complexity index is 1320. The Balaban J connectivity index is 1.40. The molecule has 8 heteroatoms. The normalized spacial score (nSPS) is 11.9. The maximum Gasteiger partial charge on any atom is 0.349 e. The third-order valence-corrected chi connectivity index (χ3v) is 4.86. The fraction of sp³-hybridized carbons (Fsp3) is 0.0769. The molecule has 0 aliphatic carbocycles. The minimum atomic E-state index is -0.955. The Morgan fingerprint density at radius 2 is 1.71 bits per heavy atom. The van der Waals surface area contributed by atoms with Gasteiger partial charge < -0.3 is 19.5 Å². The van der Waals surface area contributed by atoms with Crippen LogP contribution in [0.25, 0.3) is 6.08 Å². The number of hydrogen-bond acceptors (Lipinski definition) is 7. The first-order valence-corrected chi connectivity index (χ1v) is 10.2. The molecular formula is C26H18N2O6. The number of hydrogen-bond donors (Lipinski definition) is 1. The van der Waals surface area contributed by atoms with E-state index in [1.807, 2.05) is 0 Å². The monoisotopic (exact) mass is 454 g/mol. The van der Waals surface area contributed by atoms with Gasteiger partial charge in [-0.05, 0) is 35.9 Å². The van der Waals surface area contributed by atoms with Gasteiger partial charge in [0.05, 0.1) is 5.69 Å². The third kappa shape index (κ3) is 5.11. The predicted octanol–water partition coefficient (Wildman–Crippen LogP) is 3.74. The van der Waals surface area contributed by atoms with Gasteiger partial charge in [0.1, 0.15) is 11.6 Å². The second-order valence-electron chi connectivity index (χ2n) is 7.15. The molecule has 1 amide bonds. The third-order valence-electron chi connectivity index (χ3n) is 4.86. The highest BCUT2D eigenvalue weighted by Crippen LogP contribution is 2.33. The number of carbonyl (C=O) groups is 3. The molecule has 0 radical (unpaired) electrons. The molecule has 0 atom stereocenters. The van der Waals surface area contributed by atoms with E-state index < -0.39 is 18.5 Å². The van der Waals surface area contributed by atoms with Crippen LogP contribution in [0.3, 0.4) is 0 Å². The van der Waals surface area contributed by atoms with Crippen LogP contribution in [-0.4, -0.2) is 31.1 Å². The number of ketones is 1. The molecule has 0 unspecified atom stereocenters. The topological polar surface area (TPSA) is 115 Å². The molecule has 0 fully saturated rings. The maximum absolute atomic E-state index is 12.8. The summed E-state index contributed by atoms with van der Waals surface area (Å²) in [5.74, 6) is -0.790. The van der Waals surface area contributed by atoms with Crippen molar-refractivity contribution in [1.82, 2.24) is 0 Å². The molecule has 1 N–H and O–H groups in total. The summed E-state index contributed by atoms with van der Waals surface area (Å²) in [5, 5.41) is 11.9. The molecular weight excluding hydrogens is 436 g/mol. The fourth-order valence-corrected chi connectivity index (χ4v) is 3.24. The second-order valence-corrected chi connectivity index (χ2v) is 7.15. The highest BCUT2D eigenvalue weighted by Gasteiger charge is 2.18. The predicted molar refractivity (Wildman–Crippen MR) is 122 cm³/mol. The summed E-state index contributed by atoms with van der Waals surface area (Å²) < 4.78 is 15.5. The van der Waals surface area contributed by atoms with Crippen molar-refractivity contribution in [1.29, 1.82) is 5.26 Å². The summed E-state index contributed by atoms with van der Waals surface area (Å²) in [5.41, 5.74) is 1.31. The van der Waals surface area contributed by atoms with Crippen molar-refractivity contribution in [2.24, 2.45) is 0 Å². The minimum absolute atomic E-state index is 0.102. The molecule has 1 aliphatic heterocycles. The zero-order valence-electron chi connectivity index (χ0n) is 17.8. The van der Waals surface area contributed by atoms with E-state index in [9.17, 15) is 19.6 Å². The number of rotatable bonds is 7. The van der Waals surface area contributed by atoms with E-state index in [0.29, 0.717) is 28.2 Å². The number of fused-ring (bicyclic) bond motifs is 1. The van der Waals surface area contributed by atoms with Gasteiger partial charge in [-0.15, -0.1) is 0 Å². The number of para-hydroxylation sites is 1. The molecule has 0 bridgehead atoms. The molecule has 34 heavy (non-hydrogen) atoms. The average Bonchev–Trinajstić information content (AvgIpc) is 3.34. The second kappa shape index (κ2) is 10.1. The number of esters is 1. The maximum atomic E-state index is 12.8. The Morgan fingerprint density at radius 1 is 0.971 bits per heavy atom. The zero-order chi connectivity index (χ0) is 23.9. The van der Waals surface area contributed by atoms with Crippen LogP contribution in [0.4, 0.5) is 5.69 Å². The van der Waals surface area contributed by atoms with Crippen molar-refractivity contribution in [3.8, 4) is 17.6 Å². The van der Waals surface area contributed by atoms with E-state index >= 15 is 0 Å². The van der Waals surface area contributed by atoms with E-state index in [-0.39, 0.29) is 23.8 Å². The van der Waals surface area contributed by atoms with Crippen LogP contribution in [0.1, 0.15) is 21.5 Å². The van der Waals surface area contributed by atoms with Crippen molar-refractivity contribution < 1.29 is 28.6 Å². The minimum Gasteiger partial charge on any atom is -0.454 e. The summed E-state index contributed by atoms with van der Waals surface area (Å²) in [4.78, 5) is 37.5. The van der Waals surface area contributed by atoms with Crippen LogP contribution in [-0.2, 0) is 14.3 Å². The molecule has 0 saturated carbocycles. The van der Waals surface area contributed by atoms with Crippen LogP contribution in [0.5, 0.6) is 11.5 Å². The van der Waals surface area contributed by atoms with Gasteiger partial charge in [0, 0.05) is 11.1 Å². The Morgan fingerprint density at radius 3 is 2.50 bits per heavy atom. The van der Waals surface area contributed by atoms with E-state index in [1.54, 1.807) is 78.9 Å². The molecule has 3 aromatic rings. The van der Waals surface area contributed by atoms with Crippen molar-refractivity contribution >= 4 is 29.4 Å². The Labute approximate surface area is 195 Å². The van der Waals surface area contributed by atoms with Crippen molar-refractivity contribution in [2.75, 3.05) is 18.7 Å². The van der Waals surface area contributed by atoms with Crippen LogP contribution in [0.15, 0.2) is 78.4 Å². The fourth-order valence-electron chi connectivity index (χ4n) is 3.24. The highest BCUT2D eigenvalue weighted by atomic mass is 16.7. The standard InChI is InChI=1S/C26H18N2O6/c27-14-19(12-17-10-11-22-23(13-17)34-16-33-22)26(31)32-15-24(29)28-21-9-5-4-8-20(21)25(30)18-6-2-1-3-7-18/h1-13H,15-16H2,(H,28,29)/b19-12+. The molecule has 1 heterocycles. The molecule has 0 spiro atoms. The Hall–Kier alpha value is -4.90. The number of nitriles is 1. The van der Waals surface area contributed by atoms with Gasteiger partial charge in [-0.3, -0.25) is 9.59 Å². The molecule has 0 saturated heterocycles. The van der Waals surface area contributed by atoms with Gasteiger partial charge in [-0.25, -0.2) is 4.79 Å². The highest BCUT2D eigenvalue weighted by molar-refractivity contribution is 6.14. The first-order chi connectivity index (χ1) is 16.5. The zero-order valence-corrected chi connectivity index (χ0v) is 17.8. The average molecular weight is 454 g/mol. The van der Waals surface area contributed by atoms with Gasteiger partial charge in [0.15, 0.2) is 23.9 Å². The molecule has 8 nitrogen and oxygen atoms in total. The quantitative estimate of drug-likeness (QED) is 0.250. The lowest BCUT2D eigenvalue weighted by atomic mass is 10.0. The van der Waals surface area contributed by atoms with E-state index in [2.05, 4.69) is 5.32 Å². The van der Waals surface area contributed by atoms with Crippen LogP contribution in [0.2, 0.25) is 0 Å². The molecule has 1 aliphatic rings. The summed E-state index contributed by atoms with van der Waals surface area (Å²) in [7, 11) is 0. The molecule has 3 aromatic carbocycles. The van der Waals surface area contributed by atoms with Gasteiger partial charge in [-0.2, -0.15) is 5.26 Å². The smallest absolute Gasteiger partial charge is 0.349 e. The summed E-state index contributed by atoms with van der Waals surface area (Å²) in [6, 6.07) is 21.9. The number of nitrogens with zero attached hydrogens (tertiary/aromatic N) is 1. The van der Waals surface area contributed by atoms with Gasteiger partial charge in [-0.1, -0.05) is 48.5 Å². The SMILES string of the molecule is N#C/C(=C\c1ccc2c(c1)OCO2)C(=O)OCC(=O)Nc1ccccc1C(=O)c1ccccc1. The number of ether oxygens (including phenoxy) is 3.